The molecule has 3 rings (SSSR count). The molecule has 0 aliphatic carbocycles. The standard InChI is InChI=1S/C12H16N4O2/c1-18-15-8-2-3-10-11(15)14-12(17)16(10)9-4-6-13-7-5-9/h2-3,8-9,13H,4-7H2,1H3/p+1. The Kier molecular flexibility index (Phi) is 2.79. The van der Waals surface area contributed by atoms with Crippen LogP contribution >= 0.6 is 0 Å². The Morgan fingerprint density at radius 2 is 2.22 bits per heavy atom. The van der Waals surface area contributed by atoms with Crippen LogP contribution < -0.4 is 20.6 Å². The predicted molar refractivity (Wildman–Crippen MR) is 66.4 cm³/mol. The number of nitrogens with zero attached hydrogens (tertiary/aromatic N) is 2. The largest absolute Gasteiger partial charge is 0.414 e. The number of rotatable bonds is 2. The van der Waals surface area contributed by atoms with E-state index in [1.165, 1.54) is 0 Å². The van der Waals surface area contributed by atoms with Crippen molar-refractivity contribution < 1.29 is 9.57 Å². The van der Waals surface area contributed by atoms with Crippen LogP contribution in [0.1, 0.15) is 18.9 Å². The van der Waals surface area contributed by atoms with Crippen molar-refractivity contribution in [2.75, 3.05) is 20.2 Å². The van der Waals surface area contributed by atoms with Gasteiger partial charge in [0.25, 0.3) is 0 Å². The van der Waals surface area contributed by atoms with E-state index in [-0.39, 0.29) is 11.7 Å². The van der Waals surface area contributed by atoms with Crippen LogP contribution in [0.3, 0.4) is 0 Å². The molecule has 0 amide bonds. The molecule has 0 atom stereocenters. The second-order valence-electron chi connectivity index (χ2n) is 4.53. The molecule has 6 nitrogen and oxygen atoms in total. The molecule has 96 valence electrons. The van der Waals surface area contributed by atoms with Gasteiger partial charge in [-0.25, -0.2) is 4.79 Å². The summed E-state index contributed by atoms with van der Waals surface area (Å²) >= 11 is 0. The van der Waals surface area contributed by atoms with Crippen molar-refractivity contribution >= 4 is 11.2 Å². The van der Waals surface area contributed by atoms with Crippen LogP contribution in [0.4, 0.5) is 0 Å². The zero-order valence-electron chi connectivity index (χ0n) is 10.3. The molecule has 1 aliphatic heterocycles. The summed E-state index contributed by atoms with van der Waals surface area (Å²) in [5.41, 5.74) is 1.55. The van der Waals surface area contributed by atoms with Crippen molar-refractivity contribution in [2.24, 2.45) is 0 Å². The molecule has 0 bridgehead atoms. The molecular weight excluding hydrogens is 232 g/mol. The monoisotopic (exact) mass is 249 g/mol. The topological polar surface area (TPSA) is 62.9 Å². The van der Waals surface area contributed by atoms with E-state index in [0.29, 0.717) is 5.65 Å². The minimum absolute atomic E-state index is 0.0612. The van der Waals surface area contributed by atoms with E-state index in [9.17, 15) is 4.79 Å². The molecule has 0 spiro atoms. The lowest BCUT2D eigenvalue weighted by Crippen LogP contribution is -2.41. The van der Waals surface area contributed by atoms with Gasteiger partial charge in [-0.15, -0.1) is 0 Å². The highest BCUT2D eigenvalue weighted by molar-refractivity contribution is 5.67. The molecule has 0 aromatic carbocycles. The summed E-state index contributed by atoms with van der Waals surface area (Å²) in [5, 5.41) is 3.31. The summed E-state index contributed by atoms with van der Waals surface area (Å²) in [6.45, 7) is 1.92. The number of aromatic amines is 1. The Bertz CT molecular complexity index is 610. The molecule has 0 saturated carbocycles. The Morgan fingerprint density at radius 1 is 1.44 bits per heavy atom. The smallest absolute Gasteiger partial charge is 0.339 e. The van der Waals surface area contributed by atoms with Gasteiger partial charge in [0, 0.05) is 6.04 Å². The summed E-state index contributed by atoms with van der Waals surface area (Å²) in [5.74, 6) is 0. The van der Waals surface area contributed by atoms with Crippen molar-refractivity contribution in [3.63, 3.8) is 0 Å². The zero-order chi connectivity index (χ0) is 12.5. The van der Waals surface area contributed by atoms with Crippen LogP contribution in [-0.2, 0) is 0 Å². The fourth-order valence-electron chi connectivity index (χ4n) is 2.64. The molecule has 6 heteroatoms. The lowest BCUT2D eigenvalue weighted by Gasteiger charge is -2.22. The predicted octanol–water partition coefficient (Wildman–Crippen LogP) is -0.400. The van der Waals surface area contributed by atoms with E-state index < -0.39 is 0 Å². The second-order valence-corrected chi connectivity index (χ2v) is 4.53. The maximum Gasteiger partial charge on any atom is 0.414 e. The van der Waals surface area contributed by atoms with Crippen LogP contribution in [0.15, 0.2) is 23.1 Å². The number of piperidine rings is 1. The van der Waals surface area contributed by atoms with Gasteiger partial charge in [-0.2, -0.15) is 4.98 Å². The zero-order valence-corrected chi connectivity index (χ0v) is 10.3. The van der Waals surface area contributed by atoms with Gasteiger partial charge in [0.15, 0.2) is 0 Å². The van der Waals surface area contributed by atoms with Crippen LogP contribution in [0.2, 0.25) is 0 Å². The number of hydrogen-bond donors (Lipinski definition) is 2. The van der Waals surface area contributed by atoms with Gasteiger partial charge in [0.2, 0.25) is 0 Å². The molecular formula is C12H17N4O2+. The van der Waals surface area contributed by atoms with Crippen molar-refractivity contribution in [1.82, 2.24) is 14.9 Å². The molecule has 1 fully saturated rings. The number of imidazole rings is 1. The van der Waals surface area contributed by atoms with E-state index in [1.807, 2.05) is 16.7 Å². The third kappa shape index (κ3) is 1.69. The van der Waals surface area contributed by atoms with Gasteiger partial charge in [-0.1, -0.05) is 0 Å². The van der Waals surface area contributed by atoms with Gasteiger partial charge in [0.05, 0.1) is 0 Å². The van der Waals surface area contributed by atoms with Crippen LogP contribution in [0.25, 0.3) is 11.2 Å². The summed E-state index contributed by atoms with van der Waals surface area (Å²) < 4.78 is 3.43. The second kappa shape index (κ2) is 4.45. The molecule has 1 saturated heterocycles. The highest BCUT2D eigenvalue weighted by atomic mass is 16.6. The van der Waals surface area contributed by atoms with Gasteiger partial charge in [-0.3, -0.25) is 4.57 Å². The van der Waals surface area contributed by atoms with Gasteiger partial charge in [0.1, 0.15) is 18.8 Å². The minimum Gasteiger partial charge on any atom is -0.339 e. The van der Waals surface area contributed by atoms with E-state index in [2.05, 4.69) is 10.3 Å². The quantitative estimate of drug-likeness (QED) is 0.712. The van der Waals surface area contributed by atoms with E-state index in [0.717, 1.165) is 31.4 Å². The first kappa shape index (κ1) is 11.3. The molecule has 1 aliphatic rings. The molecule has 2 N–H and O–H groups in total. The lowest BCUT2D eigenvalue weighted by atomic mass is 10.1. The molecule has 3 heterocycles. The molecule has 0 radical (unpaired) electrons. The minimum atomic E-state index is -0.0612. The Hall–Kier alpha value is -1.82. The summed E-state index contributed by atoms with van der Waals surface area (Å²) in [7, 11) is 1.58. The highest BCUT2D eigenvalue weighted by Crippen LogP contribution is 2.20. The Balaban J connectivity index is 2.16. The lowest BCUT2D eigenvalue weighted by molar-refractivity contribution is -0.866. The molecule has 2 aromatic rings. The molecule has 2 aromatic heterocycles. The average Bonchev–Trinajstić information content (AvgIpc) is 2.75. The van der Waals surface area contributed by atoms with Crippen molar-refractivity contribution in [3.8, 4) is 0 Å². The number of hydrogen-bond acceptors (Lipinski definition) is 3. The third-order valence-electron chi connectivity index (χ3n) is 3.51. The molecule has 18 heavy (non-hydrogen) atoms. The third-order valence-corrected chi connectivity index (χ3v) is 3.51. The van der Waals surface area contributed by atoms with Crippen LogP contribution in [0.5, 0.6) is 0 Å². The number of H-pyrrole nitrogens is 1. The summed E-state index contributed by atoms with van der Waals surface area (Å²) in [6, 6.07) is 4.10. The number of nitrogens with one attached hydrogen (secondary N) is 2. The SMILES string of the molecule is CO[n+]1cccc2c1[nH]c(=O)n2C1CCNCC1. The fourth-order valence-corrected chi connectivity index (χ4v) is 2.64. The van der Waals surface area contributed by atoms with Crippen LogP contribution in [-0.4, -0.2) is 29.8 Å². The van der Waals surface area contributed by atoms with Crippen molar-refractivity contribution in [1.29, 1.82) is 0 Å². The first-order chi connectivity index (χ1) is 8.81. The van der Waals surface area contributed by atoms with Crippen LogP contribution in [0, 0.1) is 0 Å². The number of aromatic nitrogens is 3. The van der Waals surface area contributed by atoms with E-state index in [1.54, 1.807) is 18.0 Å². The van der Waals surface area contributed by atoms with Crippen molar-refractivity contribution in [2.45, 2.75) is 18.9 Å². The summed E-state index contributed by atoms with van der Waals surface area (Å²) in [6.07, 6.45) is 3.74. The van der Waals surface area contributed by atoms with Gasteiger partial charge >= 0.3 is 11.3 Å². The Labute approximate surface area is 104 Å². The number of fused-ring (bicyclic) bond motifs is 1. The van der Waals surface area contributed by atoms with Gasteiger partial charge in [-0.05, 0) is 42.8 Å². The first-order valence-electron chi connectivity index (χ1n) is 6.21. The van der Waals surface area contributed by atoms with E-state index in [4.69, 9.17) is 4.84 Å². The first-order valence-corrected chi connectivity index (χ1v) is 6.21. The normalized spacial score (nSPS) is 17.2. The van der Waals surface area contributed by atoms with Gasteiger partial charge < -0.3 is 10.2 Å². The Morgan fingerprint density at radius 3 is 2.94 bits per heavy atom. The fraction of sp³-hybridized carbons (Fsp3) is 0.500. The number of pyridine rings is 1. The average molecular weight is 249 g/mol. The molecule has 0 unspecified atom stereocenters. The van der Waals surface area contributed by atoms with E-state index >= 15 is 0 Å². The maximum absolute atomic E-state index is 12.1. The maximum atomic E-state index is 12.1. The van der Waals surface area contributed by atoms with Crippen molar-refractivity contribution in [3.05, 3.63) is 28.8 Å². The highest BCUT2D eigenvalue weighted by Gasteiger charge is 2.24. The summed E-state index contributed by atoms with van der Waals surface area (Å²) in [4.78, 5) is 20.2.